The van der Waals surface area contributed by atoms with E-state index in [4.69, 9.17) is 9.47 Å². The lowest BCUT2D eigenvalue weighted by atomic mass is 9.91. The number of methoxy groups -OCH3 is 2. The molecule has 2 aromatic rings. The van der Waals surface area contributed by atoms with Crippen molar-refractivity contribution in [1.82, 2.24) is 10.2 Å². The summed E-state index contributed by atoms with van der Waals surface area (Å²) in [5.74, 6) is 2.19. The Morgan fingerprint density at radius 3 is 2.42 bits per heavy atom. The third-order valence-corrected chi connectivity index (χ3v) is 6.72. The highest BCUT2D eigenvalue weighted by Crippen LogP contribution is 2.35. The number of amides is 1. The minimum absolute atomic E-state index is 0. The topological polar surface area (TPSA) is 50.8 Å². The Bertz CT molecular complexity index is 953. The van der Waals surface area contributed by atoms with Crippen molar-refractivity contribution < 1.29 is 14.3 Å². The van der Waals surface area contributed by atoms with Crippen LogP contribution in [0.3, 0.4) is 0 Å². The molecule has 178 valence electrons. The monoisotopic (exact) mass is 470 g/mol. The molecule has 0 unspecified atom stereocenters. The molecule has 2 aliphatic rings. The molecule has 1 fully saturated rings. The van der Waals surface area contributed by atoms with Crippen LogP contribution in [0.1, 0.15) is 42.4 Å². The Hall–Kier alpha value is -2.50. The number of carbonyl (C=O) groups excluding carboxylic acids is 1. The second kappa shape index (κ2) is 12.1. The molecule has 4 rings (SSSR count). The molecule has 0 aromatic heterocycles. The highest BCUT2D eigenvalue weighted by molar-refractivity contribution is 5.98. The molecule has 33 heavy (non-hydrogen) atoms. The highest BCUT2D eigenvalue weighted by Gasteiger charge is 2.21. The summed E-state index contributed by atoms with van der Waals surface area (Å²) >= 11 is 0. The zero-order chi connectivity index (χ0) is 22.3. The summed E-state index contributed by atoms with van der Waals surface area (Å²) in [5, 5.41) is 3.16. The standard InChI is InChI=1S/C27H34N2O3.ClH/c1-31-25-17-22-8-9-23(16-24(22)18-26(25)32-2)27(30)28-13-10-20-11-14-29(15-12-20)19-21-6-4-3-5-7-21;/h3-7,16-18,20H,8-15,19H2,1-2H3,(H,28,30);1H. The van der Waals surface area contributed by atoms with Gasteiger partial charge in [0.1, 0.15) is 0 Å². The van der Waals surface area contributed by atoms with E-state index in [2.05, 4.69) is 40.5 Å². The molecule has 1 aliphatic carbocycles. The van der Waals surface area contributed by atoms with Gasteiger partial charge in [0, 0.05) is 18.7 Å². The van der Waals surface area contributed by atoms with Gasteiger partial charge in [0.05, 0.1) is 14.2 Å². The minimum atomic E-state index is 0. The maximum atomic E-state index is 12.7. The first-order valence-corrected chi connectivity index (χ1v) is 11.7. The van der Waals surface area contributed by atoms with Crippen LogP contribution < -0.4 is 14.8 Å². The second-order valence-electron chi connectivity index (χ2n) is 8.83. The molecule has 1 amide bonds. The molecule has 0 spiro atoms. The number of aryl methyl sites for hydroxylation is 1. The molecule has 0 radical (unpaired) electrons. The zero-order valence-electron chi connectivity index (χ0n) is 19.6. The summed E-state index contributed by atoms with van der Waals surface area (Å²) in [6, 6.07) is 14.7. The fraction of sp³-hybridized carbons (Fsp3) is 0.444. The summed E-state index contributed by atoms with van der Waals surface area (Å²) in [7, 11) is 3.28. The first kappa shape index (κ1) is 25.1. The van der Waals surface area contributed by atoms with Gasteiger partial charge in [0.15, 0.2) is 11.5 Å². The van der Waals surface area contributed by atoms with Gasteiger partial charge in [0.25, 0.3) is 0 Å². The van der Waals surface area contributed by atoms with Gasteiger partial charge in [-0.2, -0.15) is 0 Å². The number of halogens is 1. The van der Waals surface area contributed by atoms with Gasteiger partial charge in [-0.05, 0) is 86.0 Å². The van der Waals surface area contributed by atoms with Crippen LogP contribution in [-0.2, 0) is 17.8 Å². The third kappa shape index (κ3) is 6.52. The van der Waals surface area contributed by atoms with Gasteiger partial charge in [-0.3, -0.25) is 9.69 Å². The van der Waals surface area contributed by atoms with Gasteiger partial charge in [0.2, 0.25) is 5.91 Å². The maximum absolute atomic E-state index is 12.7. The lowest BCUT2D eigenvalue weighted by Crippen LogP contribution is -2.35. The fourth-order valence-electron chi connectivity index (χ4n) is 4.77. The van der Waals surface area contributed by atoms with Crippen molar-refractivity contribution >= 4 is 24.4 Å². The summed E-state index contributed by atoms with van der Waals surface area (Å²) < 4.78 is 10.8. The summed E-state index contributed by atoms with van der Waals surface area (Å²) in [5.41, 5.74) is 4.48. The molecule has 1 aliphatic heterocycles. The third-order valence-electron chi connectivity index (χ3n) is 6.72. The Kier molecular flexibility index (Phi) is 9.21. The van der Waals surface area contributed by atoms with E-state index in [1.165, 1.54) is 24.0 Å². The number of nitrogens with zero attached hydrogens (tertiary/aromatic N) is 1. The van der Waals surface area contributed by atoms with Crippen molar-refractivity contribution in [2.75, 3.05) is 33.9 Å². The van der Waals surface area contributed by atoms with Crippen molar-refractivity contribution in [1.29, 1.82) is 0 Å². The predicted octanol–water partition coefficient (Wildman–Crippen LogP) is 4.87. The first-order chi connectivity index (χ1) is 15.7. The Morgan fingerprint density at radius 1 is 1.03 bits per heavy atom. The number of fused-ring (bicyclic) bond motifs is 1. The van der Waals surface area contributed by atoms with E-state index >= 15 is 0 Å². The summed E-state index contributed by atoms with van der Waals surface area (Å²) in [6.07, 6.45) is 7.07. The first-order valence-electron chi connectivity index (χ1n) is 11.7. The molecule has 1 N–H and O–H groups in total. The van der Waals surface area contributed by atoms with Gasteiger partial charge < -0.3 is 14.8 Å². The van der Waals surface area contributed by atoms with E-state index < -0.39 is 0 Å². The number of carbonyl (C=O) groups is 1. The average molecular weight is 471 g/mol. The molecule has 5 nitrogen and oxygen atoms in total. The van der Waals surface area contributed by atoms with Crippen LogP contribution in [-0.4, -0.2) is 44.7 Å². The van der Waals surface area contributed by atoms with Crippen molar-refractivity contribution in [3.05, 3.63) is 64.7 Å². The SMILES string of the molecule is COc1cc2c(cc1OC)CCC(C(=O)NCCC1CCN(Cc3ccccc3)CC1)=C2.Cl. The average Bonchev–Trinajstić information content (AvgIpc) is 2.84. The van der Waals surface area contributed by atoms with E-state index in [-0.39, 0.29) is 18.3 Å². The van der Waals surface area contributed by atoms with E-state index in [9.17, 15) is 4.79 Å². The highest BCUT2D eigenvalue weighted by atomic mass is 35.5. The van der Waals surface area contributed by atoms with E-state index in [0.29, 0.717) is 11.7 Å². The number of ether oxygens (including phenoxy) is 2. The van der Waals surface area contributed by atoms with Gasteiger partial charge in [-0.1, -0.05) is 30.3 Å². The molecule has 0 bridgehead atoms. The molecule has 0 saturated carbocycles. The van der Waals surface area contributed by atoms with Crippen LogP contribution in [0.4, 0.5) is 0 Å². The maximum Gasteiger partial charge on any atom is 0.247 e. The number of rotatable bonds is 8. The second-order valence-corrected chi connectivity index (χ2v) is 8.83. The van der Waals surface area contributed by atoms with Gasteiger partial charge >= 0.3 is 0 Å². The van der Waals surface area contributed by atoms with Crippen molar-refractivity contribution in [2.45, 2.75) is 38.6 Å². The van der Waals surface area contributed by atoms with Crippen LogP contribution in [0.2, 0.25) is 0 Å². The van der Waals surface area contributed by atoms with E-state index in [1.54, 1.807) is 14.2 Å². The van der Waals surface area contributed by atoms with Crippen molar-refractivity contribution in [2.24, 2.45) is 5.92 Å². The quantitative estimate of drug-likeness (QED) is 0.597. The Morgan fingerprint density at radius 2 is 1.73 bits per heavy atom. The molecule has 1 heterocycles. The lowest BCUT2D eigenvalue weighted by molar-refractivity contribution is -0.117. The van der Waals surface area contributed by atoms with Crippen LogP contribution >= 0.6 is 12.4 Å². The Labute approximate surface area is 203 Å². The fourth-order valence-corrected chi connectivity index (χ4v) is 4.77. The smallest absolute Gasteiger partial charge is 0.247 e. The number of hydrogen-bond acceptors (Lipinski definition) is 4. The normalized spacial score (nSPS) is 16.2. The molecule has 2 aromatic carbocycles. The number of likely N-dealkylation sites (tertiary alicyclic amines) is 1. The van der Waals surface area contributed by atoms with E-state index in [0.717, 1.165) is 62.3 Å². The predicted molar refractivity (Wildman–Crippen MR) is 135 cm³/mol. The van der Waals surface area contributed by atoms with Crippen LogP contribution in [0.15, 0.2) is 48.0 Å². The number of hydrogen-bond donors (Lipinski definition) is 1. The molecular formula is C27H35ClN2O3. The zero-order valence-corrected chi connectivity index (χ0v) is 20.5. The minimum Gasteiger partial charge on any atom is -0.493 e. The van der Waals surface area contributed by atoms with Crippen LogP contribution in [0, 0.1) is 5.92 Å². The largest absolute Gasteiger partial charge is 0.493 e. The van der Waals surface area contributed by atoms with Crippen molar-refractivity contribution in [3.63, 3.8) is 0 Å². The summed E-state index contributed by atoms with van der Waals surface area (Å²) in [4.78, 5) is 15.3. The molecular weight excluding hydrogens is 436 g/mol. The Balaban J connectivity index is 0.00000306. The van der Waals surface area contributed by atoms with Crippen molar-refractivity contribution in [3.8, 4) is 11.5 Å². The number of piperidine rings is 1. The van der Waals surface area contributed by atoms with Crippen LogP contribution in [0.25, 0.3) is 6.08 Å². The molecule has 1 saturated heterocycles. The lowest BCUT2D eigenvalue weighted by Gasteiger charge is -2.32. The molecule has 6 heteroatoms. The van der Waals surface area contributed by atoms with E-state index in [1.807, 2.05) is 18.2 Å². The van der Waals surface area contributed by atoms with Gasteiger partial charge in [-0.15, -0.1) is 12.4 Å². The summed E-state index contributed by atoms with van der Waals surface area (Å²) in [6.45, 7) is 4.07. The number of benzene rings is 2. The van der Waals surface area contributed by atoms with Crippen LogP contribution in [0.5, 0.6) is 11.5 Å². The van der Waals surface area contributed by atoms with Gasteiger partial charge in [-0.25, -0.2) is 0 Å². The molecule has 0 atom stereocenters. The number of nitrogens with one attached hydrogen (secondary N) is 1.